The molecule has 0 aliphatic rings. The van der Waals surface area contributed by atoms with Gasteiger partial charge in [-0.15, -0.1) is 0 Å². The van der Waals surface area contributed by atoms with Crippen molar-refractivity contribution < 1.29 is 0 Å². The first-order valence-corrected chi connectivity index (χ1v) is 8.98. The summed E-state index contributed by atoms with van der Waals surface area (Å²) < 4.78 is 0. The minimum Gasteiger partial charge on any atom is -0.398 e. The molecular formula is C23H25N3. The molecule has 0 fully saturated rings. The lowest BCUT2D eigenvalue weighted by Crippen LogP contribution is -2.19. The third-order valence-electron chi connectivity index (χ3n) is 4.33. The Hall–Kier alpha value is -3.07. The molecule has 0 atom stereocenters. The maximum Gasteiger partial charge on any atom is 0.0700 e. The van der Waals surface area contributed by atoms with Gasteiger partial charge >= 0.3 is 0 Å². The van der Waals surface area contributed by atoms with Crippen LogP contribution in [0.1, 0.15) is 30.0 Å². The molecule has 0 saturated heterocycles. The first-order chi connectivity index (χ1) is 12.7. The van der Waals surface area contributed by atoms with Gasteiger partial charge in [0, 0.05) is 11.3 Å². The molecule has 0 aromatic heterocycles. The van der Waals surface area contributed by atoms with Gasteiger partial charge < -0.3 is 5.73 Å². The number of nitrogens with two attached hydrogens (primary N) is 1. The van der Waals surface area contributed by atoms with E-state index < -0.39 is 0 Å². The second-order valence-corrected chi connectivity index (χ2v) is 6.37. The standard InChI is InChI=1S/C23H25N3/c1-3-23(21-16-18(2)14-15-22(21)24)25-26(20-12-8-5-9-13-20)17-19-10-6-4-7-11-19/h4-16H,3,17,24H2,1-2H3/b25-23+. The second-order valence-electron chi connectivity index (χ2n) is 6.37. The minimum absolute atomic E-state index is 0.708. The number of benzene rings is 3. The molecule has 3 rings (SSSR count). The lowest BCUT2D eigenvalue weighted by atomic mass is 10.0. The summed E-state index contributed by atoms with van der Waals surface area (Å²) in [6.07, 6.45) is 0.811. The fraction of sp³-hybridized carbons (Fsp3) is 0.174. The van der Waals surface area contributed by atoms with Crippen molar-refractivity contribution in [2.24, 2.45) is 5.10 Å². The highest BCUT2D eigenvalue weighted by Crippen LogP contribution is 2.21. The molecule has 132 valence electrons. The Bertz CT molecular complexity index is 870. The maximum absolute atomic E-state index is 6.23. The molecule has 3 nitrogen and oxygen atoms in total. The second kappa shape index (κ2) is 8.34. The van der Waals surface area contributed by atoms with Crippen LogP contribution in [0.2, 0.25) is 0 Å². The van der Waals surface area contributed by atoms with Crippen LogP contribution in [0.4, 0.5) is 11.4 Å². The van der Waals surface area contributed by atoms with Gasteiger partial charge in [-0.05, 0) is 43.2 Å². The summed E-state index contributed by atoms with van der Waals surface area (Å²) in [5.41, 5.74) is 12.5. The van der Waals surface area contributed by atoms with Crippen LogP contribution >= 0.6 is 0 Å². The third kappa shape index (κ3) is 4.31. The molecule has 3 heteroatoms. The quantitative estimate of drug-likeness (QED) is 0.370. The van der Waals surface area contributed by atoms with Crippen molar-refractivity contribution in [2.75, 3.05) is 10.7 Å². The minimum atomic E-state index is 0.708. The molecule has 3 aromatic carbocycles. The van der Waals surface area contributed by atoms with Crippen LogP contribution in [0.5, 0.6) is 0 Å². The van der Waals surface area contributed by atoms with Crippen LogP contribution in [-0.2, 0) is 6.54 Å². The van der Waals surface area contributed by atoms with E-state index in [-0.39, 0.29) is 0 Å². The van der Waals surface area contributed by atoms with Crippen molar-refractivity contribution in [3.8, 4) is 0 Å². The van der Waals surface area contributed by atoms with E-state index in [4.69, 9.17) is 10.8 Å². The predicted molar refractivity (Wildman–Crippen MR) is 111 cm³/mol. The van der Waals surface area contributed by atoms with Gasteiger partial charge in [-0.3, -0.25) is 5.01 Å². The lowest BCUT2D eigenvalue weighted by molar-refractivity contribution is 0.850. The van der Waals surface area contributed by atoms with Crippen molar-refractivity contribution in [3.63, 3.8) is 0 Å². The average molecular weight is 343 g/mol. The molecule has 0 spiro atoms. The SMILES string of the molecule is CC/C(=N\N(Cc1ccccc1)c1ccccc1)c1cc(C)ccc1N. The molecule has 0 bridgehead atoms. The van der Waals surface area contributed by atoms with Crippen LogP contribution in [0.3, 0.4) is 0 Å². The number of hydrogen-bond donors (Lipinski definition) is 1. The van der Waals surface area contributed by atoms with E-state index in [1.807, 2.05) is 36.4 Å². The molecule has 2 N–H and O–H groups in total. The summed E-state index contributed by atoms with van der Waals surface area (Å²) in [7, 11) is 0. The van der Waals surface area contributed by atoms with E-state index in [1.54, 1.807) is 0 Å². The van der Waals surface area contributed by atoms with Crippen molar-refractivity contribution in [1.82, 2.24) is 0 Å². The normalized spacial score (nSPS) is 11.4. The molecule has 0 aliphatic heterocycles. The molecule has 3 aromatic rings. The number of hydrazone groups is 1. The fourth-order valence-electron chi connectivity index (χ4n) is 2.92. The Kier molecular flexibility index (Phi) is 5.69. The van der Waals surface area contributed by atoms with E-state index in [0.29, 0.717) is 6.54 Å². The molecule has 0 radical (unpaired) electrons. The average Bonchev–Trinajstić information content (AvgIpc) is 2.68. The topological polar surface area (TPSA) is 41.6 Å². The molecule has 0 saturated carbocycles. The summed E-state index contributed by atoms with van der Waals surface area (Å²) >= 11 is 0. The van der Waals surface area contributed by atoms with Crippen LogP contribution < -0.4 is 10.7 Å². The van der Waals surface area contributed by atoms with Crippen molar-refractivity contribution in [3.05, 3.63) is 95.6 Å². The molecule has 26 heavy (non-hydrogen) atoms. The number of nitrogen functional groups attached to an aromatic ring is 1. The van der Waals surface area contributed by atoms with Gasteiger partial charge in [0.05, 0.1) is 17.9 Å². The highest BCUT2D eigenvalue weighted by molar-refractivity contribution is 6.05. The first-order valence-electron chi connectivity index (χ1n) is 8.98. The van der Waals surface area contributed by atoms with E-state index in [9.17, 15) is 0 Å². The van der Waals surface area contributed by atoms with E-state index in [0.717, 1.165) is 29.1 Å². The van der Waals surface area contributed by atoms with Crippen LogP contribution in [0.25, 0.3) is 0 Å². The van der Waals surface area contributed by atoms with E-state index in [1.165, 1.54) is 11.1 Å². The van der Waals surface area contributed by atoms with Gasteiger partial charge in [-0.2, -0.15) is 5.10 Å². The zero-order valence-electron chi connectivity index (χ0n) is 15.4. The third-order valence-corrected chi connectivity index (χ3v) is 4.33. The van der Waals surface area contributed by atoms with Gasteiger partial charge in [-0.25, -0.2) is 0 Å². The maximum atomic E-state index is 6.23. The number of para-hydroxylation sites is 1. The summed E-state index contributed by atoms with van der Waals surface area (Å²) in [6.45, 7) is 4.90. The van der Waals surface area contributed by atoms with E-state index in [2.05, 4.69) is 61.3 Å². The lowest BCUT2D eigenvalue weighted by Gasteiger charge is -2.22. The molecular weight excluding hydrogens is 318 g/mol. The molecule has 0 unspecified atom stereocenters. The Morgan fingerprint density at radius 3 is 2.23 bits per heavy atom. The van der Waals surface area contributed by atoms with Gasteiger partial charge in [0.25, 0.3) is 0 Å². The highest BCUT2D eigenvalue weighted by atomic mass is 15.5. The van der Waals surface area contributed by atoms with Gasteiger partial charge in [0.1, 0.15) is 0 Å². The van der Waals surface area contributed by atoms with Crippen molar-refractivity contribution in [1.29, 1.82) is 0 Å². The summed E-state index contributed by atoms with van der Waals surface area (Å²) in [5.74, 6) is 0. The molecule has 0 heterocycles. The number of rotatable bonds is 6. The number of nitrogens with zero attached hydrogens (tertiary/aromatic N) is 2. The Balaban J connectivity index is 2.02. The smallest absolute Gasteiger partial charge is 0.0700 e. The number of aryl methyl sites for hydroxylation is 1. The van der Waals surface area contributed by atoms with Crippen molar-refractivity contribution >= 4 is 17.1 Å². The van der Waals surface area contributed by atoms with E-state index >= 15 is 0 Å². The zero-order valence-corrected chi connectivity index (χ0v) is 15.4. The van der Waals surface area contributed by atoms with Crippen LogP contribution in [-0.4, -0.2) is 5.71 Å². The predicted octanol–water partition coefficient (Wildman–Crippen LogP) is 5.40. The Morgan fingerprint density at radius 2 is 1.58 bits per heavy atom. The largest absolute Gasteiger partial charge is 0.398 e. The summed E-state index contributed by atoms with van der Waals surface area (Å²) in [5, 5.41) is 7.05. The molecule has 0 aliphatic carbocycles. The summed E-state index contributed by atoms with van der Waals surface area (Å²) in [4.78, 5) is 0. The van der Waals surface area contributed by atoms with Crippen LogP contribution in [0.15, 0.2) is 84.0 Å². The van der Waals surface area contributed by atoms with Crippen LogP contribution in [0, 0.1) is 6.92 Å². The summed E-state index contributed by atoms with van der Waals surface area (Å²) in [6, 6.07) is 26.8. The monoisotopic (exact) mass is 343 g/mol. The molecule has 0 amide bonds. The number of anilines is 2. The first kappa shape index (κ1) is 17.7. The van der Waals surface area contributed by atoms with Gasteiger partial charge in [0.15, 0.2) is 0 Å². The zero-order chi connectivity index (χ0) is 18.4. The van der Waals surface area contributed by atoms with Crippen molar-refractivity contribution in [2.45, 2.75) is 26.8 Å². The fourth-order valence-corrected chi connectivity index (χ4v) is 2.92. The Morgan fingerprint density at radius 1 is 0.923 bits per heavy atom. The van der Waals surface area contributed by atoms with Gasteiger partial charge in [-0.1, -0.05) is 67.1 Å². The van der Waals surface area contributed by atoms with Gasteiger partial charge in [0.2, 0.25) is 0 Å². The Labute approximate surface area is 155 Å². The highest BCUT2D eigenvalue weighted by Gasteiger charge is 2.11. The number of hydrogen-bond acceptors (Lipinski definition) is 3.